The molecule has 1 heterocycles. The van der Waals surface area contributed by atoms with Gasteiger partial charge in [0.05, 0.1) is 6.33 Å². The van der Waals surface area contributed by atoms with Crippen LogP contribution in [0.25, 0.3) is 0 Å². The first-order valence-electron chi connectivity index (χ1n) is 5.56. The van der Waals surface area contributed by atoms with Gasteiger partial charge in [-0.2, -0.15) is 0 Å². The number of nitrogens with zero attached hydrogens (tertiary/aromatic N) is 2. The van der Waals surface area contributed by atoms with Gasteiger partial charge in [0, 0.05) is 25.3 Å². The largest absolute Gasteiger partial charge is 0.349 e. The fourth-order valence-electron chi connectivity index (χ4n) is 1.38. The molecule has 17 heavy (non-hydrogen) atoms. The SMILES string of the molecule is CCC(N)(CC)CNC(=O)c1cn(C)cn1.Cl. The number of aromatic nitrogens is 2. The van der Waals surface area contributed by atoms with Crippen LogP contribution in [0, 0.1) is 0 Å². The standard InChI is InChI=1S/C11H20N4O.ClH/c1-4-11(12,5-2)7-13-10(16)9-6-15(3)8-14-9;/h6,8H,4-5,7,12H2,1-3H3,(H,13,16);1H. The van der Waals surface area contributed by atoms with E-state index in [0.29, 0.717) is 12.2 Å². The van der Waals surface area contributed by atoms with Crippen molar-refractivity contribution in [2.24, 2.45) is 12.8 Å². The minimum atomic E-state index is -0.315. The normalized spacial score (nSPS) is 10.8. The van der Waals surface area contributed by atoms with E-state index in [9.17, 15) is 4.79 Å². The molecule has 0 atom stereocenters. The van der Waals surface area contributed by atoms with Crippen LogP contribution >= 0.6 is 12.4 Å². The number of hydrogen-bond donors (Lipinski definition) is 2. The third-order valence-corrected chi connectivity index (χ3v) is 2.95. The summed E-state index contributed by atoms with van der Waals surface area (Å²) in [5.74, 6) is -0.169. The number of carbonyl (C=O) groups excluding carboxylic acids is 1. The number of aryl methyl sites for hydroxylation is 1. The molecule has 0 aromatic carbocycles. The Hall–Kier alpha value is -1.07. The van der Waals surface area contributed by atoms with Crippen LogP contribution in [0.2, 0.25) is 0 Å². The van der Waals surface area contributed by atoms with Gasteiger partial charge in [-0.3, -0.25) is 4.79 Å². The van der Waals surface area contributed by atoms with Crippen LogP contribution in [0.1, 0.15) is 37.2 Å². The minimum Gasteiger partial charge on any atom is -0.349 e. The van der Waals surface area contributed by atoms with E-state index in [1.54, 1.807) is 17.1 Å². The zero-order valence-corrected chi connectivity index (χ0v) is 11.4. The maximum atomic E-state index is 11.7. The first-order valence-corrected chi connectivity index (χ1v) is 5.56. The second-order valence-corrected chi connectivity index (χ2v) is 4.18. The minimum absolute atomic E-state index is 0. The first kappa shape index (κ1) is 15.9. The average molecular weight is 261 g/mol. The molecule has 3 N–H and O–H groups in total. The molecule has 0 aliphatic rings. The van der Waals surface area contributed by atoms with Gasteiger partial charge < -0.3 is 15.6 Å². The number of carbonyl (C=O) groups is 1. The van der Waals surface area contributed by atoms with Crippen molar-refractivity contribution in [2.45, 2.75) is 32.2 Å². The summed E-state index contributed by atoms with van der Waals surface area (Å²) >= 11 is 0. The van der Waals surface area contributed by atoms with Crippen molar-refractivity contribution in [2.75, 3.05) is 6.54 Å². The molecule has 98 valence electrons. The second-order valence-electron chi connectivity index (χ2n) is 4.18. The van der Waals surface area contributed by atoms with Gasteiger partial charge >= 0.3 is 0 Å². The molecule has 0 aliphatic carbocycles. The molecule has 0 unspecified atom stereocenters. The predicted molar refractivity (Wildman–Crippen MR) is 70.3 cm³/mol. The lowest BCUT2D eigenvalue weighted by Gasteiger charge is -2.26. The molecular formula is C11H21ClN4O. The predicted octanol–water partition coefficient (Wildman–Crippen LogP) is 1.09. The van der Waals surface area contributed by atoms with Crippen LogP contribution in [0.5, 0.6) is 0 Å². The fourth-order valence-corrected chi connectivity index (χ4v) is 1.38. The Bertz CT molecular complexity index is 360. The summed E-state index contributed by atoms with van der Waals surface area (Å²) in [6, 6.07) is 0. The summed E-state index contributed by atoms with van der Waals surface area (Å²) < 4.78 is 1.74. The average Bonchev–Trinajstić information content (AvgIpc) is 2.72. The lowest BCUT2D eigenvalue weighted by atomic mass is 9.94. The molecule has 0 fully saturated rings. The number of nitrogens with one attached hydrogen (secondary N) is 1. The molecule has 5 nitrogen and oxygen atoms in total. The number of halogens is 1. The number of nitrogens with two attached hydrogens (primary N) is 1. The Kier molecular flexibility index (Phi) is 6.20. The summed E-state index contributed by atoms with van der Waals surface area (Å²) in [5.41, 5.74) is 6.20. The Balaban J connectivity index is 0.00000256. The number of amides is 1. The molecule has 0 bridgehead atoms. The zero-order chi connectivity index (χ0) is 12.2. The van der Waals surface area contributed by atoms with Gasteiger partial charge in [-0.1, -0.05) is 13.8 Å². The van der Waals surface area contributed by atoms with Crippen molar-refractivity contribution in [1.29, 1.82) is 0 Å². The topological polar surface area (TPSA) is 72.9 Å². The third-order valence-electron chi connectivity index (χ3n) is 2.95. The monoisotopic (exact) mass is 260 g/mol. The van der Waals surface area contributed by atoms with Crippen LogP contribution in [0.4, 0.5) is 0 Å². The van der Waals surface area contributed by atoms with Gasteiger partial charge in [-0.15, -0.1) is 12.4 Å². The molecule has 0 aliphatic heterocycles. The van der Waals surface area contributed by atoms with Gasteiger partial charge in [0.2, 0.25) is 0 Å². The van der Waals surface area contributed by atoms with E-state index >= 15 is 0 Å². The van der Waals surface area contributed by atoms with Crippen molar-refractivity contribution in [3.05, 3.63) is 18.2 Å². The molecular weight excluding hydrogens is 240 g/mol. The summed E-state index contributed by atoms with van der Waals surface area (Å²) in [4.78, 5) is 15.7. The molecule has 1 aromatic rings. The van der Waals surface area contributed by atoms with E-state index in [4.69, 9.17) is 5.73 Å². The highest BCUT2D eigenvalue weighted by Crippen LogP contribution is 2.09. The summed E-state index contributed by atoms with van der Waals surface area (Å²) in [5, 5.41) is 2.81. The molecule has 6 heteroatoms. The van der Waals surface area contributed by atoms with Gasteiger partial charge in [0.25, 0.3) is 5.91 Å². The number of imidazole rings is 1. The first-order chi connectivity index (χ1) is 7.50. The van der Waals surface area contributed by atoms with Crippen LogP contribution in [0.15, 0.2) is 12.5 Å². The number of rotatable bonds is 5. The smallest absolute Gasteiger partial charge is 0.271 e. The van der Waals surface area contributed by atoms with Crippen molar-refractivity contribution in [3.8, 4) is 0 Å². The Labute approximate surface area is 108 Å². The molecule has 0 saturated carbocycles. The highest BCUT2D eigenvalue weighted by Gasteiger charge is 2.21. The van der Waals surface area contributed by atoms with E-state index in [0.717, 1.165) is 12.8 Å². The van der Waals surface area contributed by atoms with Crippen molar-refractivity contribution >= 4 is 18.3 Å². The maximum absolute atomic E-state index is 11.7. The van der Waals surface area contributed by atoms with Gasteiger partial charge in [-0.05, 0) is 12.8 Å². The van der Waals surface area contributed by atoms with E-state index in [1.807, 2.05) is 20.9 Å². The summed E-state index contributed by atoms with van der Waals surface area (Å²) in [7, 11) is 1.83. The molecule has 0 saturated heterocycles. The maximum Gasteiger partial charge on any atom is 0.271 e. The van der Waals surface area contributed by atoms with Gasteiger partial charge in [-0.25, -0.2) is 4.98 Å². The van der Waals surface area contributed by atoms with Gasteiger partial charge in [0.1, 0.15) is 5.69 Å². The molecule has 0 radical (unpaired) electrons. The van der Waals surface area contributed by atoms with Crippen molar-refractivity contribution < 1.29 is 4.79 Å². The Morgan fingerprint density at radius 1 is 1.53 bits per heavy atom. The molecule has 1 rings (SSSR count). The third kappa shape index (κ3) is 4.36. The van der Waals surface area contributed by atoms with E-state index in [-0.39, 0.29) is 23.9 Å². The zero-order valence-electron chi connectivity index (χ0n) is 10.6. The summed E-state index contributed by atoms with van der Waals surface area (Å²) in [6.07, 6.45) is 4.97. The Morgan fingerprint density at radius 2 is 2.12 bits per heavy atom. The lowest BCUT2D eigenvalue weighted by Crippen LogP contribution is -2.49. The van der Waals surface area contributed by atoms with Crippen LogP contribution < -0.4 is 11.1 Å². The highest BCUT2D eigenvalue weighted by atomic mass is 35.5. The van der Waals surface area contributed by atoms with Crippen LogP contribution in [-0.4, -0.2) is 27.5 Å². The molecule has 1 aromatic heterocycles. The van der Waals surface area contributed by atoms with Crippen LogP contribution in [-0.2, 0) is 7.05 Å². The number of hydrogen-bond acceptors (Lipinski definition) is 3. The quantitative estimate of drug-likeness (QED) is 0.832. The lowest BCUT2D eigenvalue weighted by molar-refractivity contribution is 0.0937. The molecule has 1 amide bonds. The molecule has 0 spiro atoms. The summed E-state index contributed by atoms with van der Waals surface area (Å²) in [6.45, 7) is 4.53. The van der Waals surface area contributed by atoms with Crippen molar-refractivity contribution in [1.82, 2.24) is 14.9 Å². The van der Waals surface area contributed by atoms with E-state index in [2.05, 4.69) is 10.3 Å². The highest BCUT2D eigenvalue weighted by molar-refractivity contribution is 5.92. The Morgan fingerprint density at radius 3 is 2.53 bits per heavy atom. The van der Waals surface area contributed by atoms with E-state index < -0.39 is 0 Å². The second kappa shape index (κ2) is 6.61. The fraction of sp³-hybridized carbons (Fsp3) is 0.636. The van der Waals surface area contributed by atoms with E-state index in [1.165, 1.54) is 0 Å². The van der Waals surface area contributed by atoms with Crippen molar-refractivity contribution in [3.63, 3.8) is 0 Å². The van der Waals surface area contributed by atoms with Gasteiger partial charge in [0.15, 0.2) is 0 Å². The van der Waals surface area contributed by atoms with Crippen LogP contribution in [0.3, 0.4) is 0 Å².